The number of urea groups is 1. The summed E-state index contributed by atoms with van der Waals surface area (Å²) >= 11 is 5.23. The molecule has 8 heteroatoms. The fourth-order valence-corrected chi connectivity index (χ4v) is 2.15. The maximum absolute atomic E-state index is 10.6. The Morgan fingerprint density at radius 3 is 3.00 bits per heavy atom. The third-order valence-corrected chi connectivity index (χ3v) is 2.88. The average molecular weight is 254 g/mol. The first-order chi connectivity index (χ1) is 8.00. The molecule has 7 nitrogen and oxygen atoms in total. The summed E-state index contributed by atoms with van der Waals surface area (Å²) in [6.45, 7) is 2.90. The Morgan fingerprint density at radius 1 is 1.65 bits per heavy atom. The minimum Gasteiger partial charge on any atom is -0.352 e. The highest BCUT2D eigenvalue weighted by Gasteiger charge is 2.12. The van der Waals surface area contributed by atoms with Gasteiger partial charge in [-0.3, -0.25) is 9.25 Å². The van der Waals surface area contributed by atoms with E-state index in [-0.39, 0.29) is 0 Å². The first-order valence-corrected chi connectivity index (χ1v) is 5.57. The van der Waals surface area contributed by atoms with Crippen LogP contribution in [0.5, 0.6) is 0 Å². The molecule has 2 heterocycles. The molecule has 0 fully saturated rings. The molecule has 0 bridgehead atoms. The Balaban J connectivity index is 2.36. The first kappa shape index (κ1) is 11.6. The van der Waals surface area contributed by atoms with Crippen molar-refractivity contribution in [3.8, 4) is 0 Å². The predicted molar refractivity (Wildman–Crippen MR) is 66.2 cm³/mol. The van der Waals surface area contributed by atoms with Gasteiger partial charge < -0.3 is 16.0 Å². The highest BCUT2D eigenvalue weighted by Crippen LogP contribution is 2.16. The lowest BCUT2D eigenvalue weighted by Crippen LogP contribution is -2.32. The Labute approximate surface area is 103 Å². The van der Waals surface area contributed by atoms with Crippen LogP contribution in [0.2, 0.25) is 0 Å². The number of fused-ring (bicyclic) bond motifs is 1. The van der Waals surface area contributed by atoms with Crippen molar-refractivity contribution in [2.45, 2.75) is 13.5 Å². The van der Waals surface area contributed by atoms with Crippen molar-refractivity contribution in [1.82, 2.24) is 24.6 Å². The Kier molecular flexibility index (Phi) is 2.88. The van der Waals surface area contributed by atoms with Gasteiger partial charge in [-0.1, -0.05) is 0 Å². The van der Waals surface area contributed by atoms with E-state index in [0.717, 1.165) is 16.9 Å². The molecule has 0 spiro atoms. The van der Waals surface area contributed by atoms with Crippen molar-refractivity contribution in [3.63, 3.8) is 0 Å². The van der Waals surface area contributed by atoms with Gasteiger partial charge >= 0.3 is 6.03 Å². The topological polar surface area (TPSA) is 93.7 Å². The monoisotopic (exact) mass is 254 g/mol. The summed E-state index contributed by atoms with van der Waals surface area (Å²) in [5.74, 6) is 0. The molecule has 0 atom stereocenters. The van der Waals surface area contributed by atoms with Gasteiger partial charge in [-0.25, -0.2) is 4.79 Å². The van der Waals surface area contributed by atoms with Crippen LogP contribution in [0.15, 0.2) is 0 Å². The lowest BCUT2D eigenvalue weighted by atomic mass is 10.4. The van der Waals surface area contributed by atoms with E-state index in [1.807, 2.05) is 18.5 Å². The second-order valence-corrected chi connectivity index (χ2v) is 4.17. The number of rotatable bonds is 3. The van der Waals surface area contributed by atoms with Gasteiger partial charge in [-0.05, 0) is 19.1 Å². The van der Waals surface area contributed by atoms with Crippen molar-refractivity contribution < 1.29 is 4.79 Å². The van der Waals surface area contributed by atoms with Gasteiger partial charge in [-0.15, -0.1) is 0 Å². The van der Waals surface area contributed by atoms with E-state index in [9.17, 15) is 4.79 Å². The summed E-state index contributed by atoms with van der Waals surface area (Å²) in [5.41, 5.74) is 7.75. The summed E-state index contributed by atoms with van der Waals surface area (Å²) in [6, 6.07) is -0.538. The minimum atomic E-state index is -0.538. The highest BCUT2D eigenvalue weighted by atomic mass is 32.1. The van der Waals surface area contributed by atoms with Crippen LogP contribution in [-0.2, 0) is 13.6 Å². The quantitative estimate of drug-likeness (QED) is 0.692. The van der Waals surface area contributed by atoms with Crippen molar-refractivity contribution in [2.24, 2.45) is 12.8 Å². The number of nitrogens with one attached hydrogen (secondary N) is 2. The zero-order valence-electron chi connectivity index (χ0n) is 9.65. The van der Waals surface area contributed by atoms with Gasteiger partial charge in [0.2, 0.25) is 0 Å². The van der Waals surface area contributed by atoms with Gasteiger partial charge in [-0.2, -0.15) is 5.10 Å². The SMILES string of the molecule is Cc1nn(C)c2c1[nH]c(=S)n2CCNC(N)=O. The smallest absolute Gasteiger partial charge is 0.312 e. The summed E-state index contributed by atoms with van der Waals surface area (Å²) in [5, 5.41) is 6.83. The second kappa shape index (κ2) is 4.21. The number of imidazole rings is 1. The molecule has 0 aliphatic heterocycles. The Hall–Kier alpha value is -1.83. The van der Waals surface area contributed by atoms with E-state index in [1.165, 1.54) is 0 Å². The van der Waals surface area contributed by atoms with Crippen molar-refractivity contribution in [2.75, 3.05) is 6.54 Å². The number of amides is 2. The van der Waals surface area contributed by atoms with E-state index in [0.29, 0.717) is 17.9 Å². The van der Waals surface area contributed by atoms with Gasteiger partial charge in [0.15, 0.2) is 10.4 Å². The molecule has 0 saturated heterocycles. The van der Waals surface area contributed by atoms with E-state index >= 15 is 0 Å². The fraction of sp³-hybridized carbons (Fsp3) is 0.444. The highest BCUT2D eigenvalue weighted by molar-refractivity contribution is 7.71. The van der Waals surface area contributed by atoms with Crippen molar-refractivity contribution >= 4 is 29.4 Å². The number of aromatic amines is 1. The normalized spacial score (nSPS) is 10.9. The molecule has 92 valence electrons. The number of hydrogen-bond acceptors (Lipinski definition) is 3. The van der Waals surface area contributed by atoms with E-state index in [2.05, 4.69) is 15.4 Å². The molecule has 0 aromatic carbocycles. The molecule has 4 N–H and O–H groups in total. The molecule has 0 unspecified atom stereocenters. The van der Waals surface area contributed by atoms with Gasteiger partial charge in [0.25, 0.3) is 0 Å². The molecule has 0 aliphatic carbocycles. The third kappa shape index (κ3) is 2.03. The van der Waals surface area contributed by atoms with Crippen LogP contribution >= 0.6 is 12.2 Å². The molecule has 0 radical (unpaired) electrons. The first-order valence-electron chi connectivity index (χ1n) is 5.16. The number of nitrogens with zero attached hydrogens (tertiary/aromatic N) is 3. The van der Waals surface area contributed by atoms with Crippen molar-refractivity contribution in [3.05, 3.63) is 10.5 Å². The van der Waals surface area contributed by atoms with Crippen LogP contribution in [0.25, 0.3) is 11.2 Å². The molecule has 17 heavy (non-hydrogen) atoms. The number of nitrogens with two attached hydrogens (primary N) is 1. The zero-order chi connectivity index (χ0) is 12.6. The molecule has 2 aromatic rings. The second-order valence-electron chi connectivity index (χ2n) is 3.78. The van der Waals surface area contributed by atoms with Gasteiger partial charge in [0.05, 0.1) is 5.69 Å². The predicted octanol–water partition coefficient (Wildman–Crippen LogP) is 0.409. The average Bonchev–Trinajstić information content (AvgIpc) is 2.68. The number of carbonyl (C=O) groups is 1. The standard InChI is InChI=1S/C9H14N6OS/c1-5-6-7(14(2)13-5)15(9(17)12-6)4-3-11-8(10)16/h3-4H2,1-2H3,(H,12,17)(H3,10,11,16). The minimum absolute atomic E-state index is 0.431. The number of aryl methyl sites for hydroxylation is 2. The summed E-state index contributed by atoms with van der Waals surface area (Å²) < 4.78 is 4.27. The van der Waals surface area contributed by atoms with Gasteiger partial charge in [0.1, 0.15) is 5.52 Å². The van der Waals surface area contributed by atoms with Crippen LogP contribution in [-0.4, -0.2) is 31.9 Å². The van der Waals surface area contributed by atoms with E-state index in [1.54, 1.807) is 4.68 Å². The Bertz CT molecular complexity index is 621. The maximum atomic E-state index is 10.6. The summed E-state index contributed by atoms with van der Waals surface area (Å²) in [6.07, 6.45) is 0. The molecule has 0 saturated carbocycles. The van der Waals surface area contributed by atoms with Crippen molar-refractivity contribution in [1.29, 1.82) is 0 Å². The van der Waals surface area contributed by atoms with Crippen LogP contribution in [0, 0.1) is 11.7 Å². The number of carbonyl (C=O) groups excluding carboxylic acids is 1. The number of H-pyrrole nitrogens is 1. The van der Waals surface area contributed by atoms with Gasteiger partial charge in [0, 0.05) is 20.1 Å². The molecule has 0 aliphatic rings. The number of primary amides is 1. The lowest BCUT2D eigenvalue weighted by Gasteiger charge is -2.05. The zero-order valence-corrected chi connectivity index (χ0v) is 10.5. The van der Waals surface area contributed by atoms with Crippen LogP contribution in [0.1, 0.15) is 5.69 Å². The number of aromatic nitrogens is 4. The Morgan fingerprint density at radius 2 is 2.35 bits per heavy atom. The molecular formula is C9H14N6OS. The van der Waals surface area contributed by atoms with E-state index in [4.69, 9.17) is 18.0 Å². The molecule has 2 rings (SSSR count). The summed E-state index contributed by atoms with van der Waals surface area (Å²) in [7, 11) is 1.86. The van der Waals surface area contributed by atoms with Crippen LogP contribution in [0.3, 0.4) is 0 Å². The lowest BCUT2D eigenvalue weighted by molar-refractivity contribution is 0.248. The van der Waals surface area contributed by atoms with Crippen LogP contribution < -0.4 is 11.1 Å². The maximum Gasteiger partial charge on any atom is 0.312 e. The largest absolute Gasteiger partial charge is 0.352 e. The fourth-order valence-electron chi connectivity index (χ4n) is 1.87. The molecular weight excluding hydrogens is 240 g/mol. The molecule has 2 amide bonds. The number of hydrogen-bond donors (Lipinski definition) is 3. The third-order valence-electron chi connectivity index (χ3n) is 2.56. The van der Waals surface area contributed by atoms with Crippen LogP contribution in [0.4, 0.5) is 4.79 Å². The molecule has 2 aromatic heterocycles. The van der Waals surface area contributed by atoms with E-state index < -0.39 is 6.03 Å². The summed E-state index contributed by atoms with van der Waals surface area (Å²) in [4.78, 5) is 13.7.